The number of benzene rings is 2. The van der Waals surface area contributed by atoms with E-state index in [4.69, 9.17) is 11.6 Å². The minimum Gasteiger partial charge on any atom is -0.481 e. The van der Waals surface area contributed by atoms with E-state index in [0.717, 1.165) is 18.5 Å². The molecule has 2 fully saturated rings. The van der Waals surface area contributed by atoms with Gasteiger partial charge in [-0.15, -0.1) is 0 Å². The highest BCUT2D eigenvalue weighted by molar-refractivity contribution is 6.31. The first kappa shape index (κ1) is 23.1. The summed E-state index contributed by atoms with van der Waals surface area (Å²) in [7, 11) is 0. The number of carboxylic acid groups (broad SMARTS) is 1. The topological polar surface area (TPSA) is 90.0 Å². The number of carbonyl (C=O) groups is 3. The van der Waals surface area contributed by atoms with Crippen molar-refractivity contribution >= 4 is 40.8 Å². The molecule has 1 saturated heterocycles. The Balaban J connectivity index is 1.47. The molecule has 2 amide bonds. The van der Waals surface area contributed by atoms with E-state index in [1.54, 1.807) is 23.1 Å². The Morgan fingerprint density at radius 3 is 2.24 bits per heavy atom. The molecule has 8 heteroatoms. The SMILES string of the molecule is O=C(Nc1ccc(Cl)cc1C(=O)N1CCN(c2ccccc2)CC1)[C@H]1CCCC[C@H]1C(=O)O. The molecule has 174 valence electrons. The maximum atomic E-state index is 13.3. The Kier molecular flexibility index (Phi) is 7.18. The van der Waals surface area contributed by atoms with Crippen molar-refractivity contribution in [2.24, 2.45) is 11.8 Å². The molecule has 1 heterocycles. The van der Waals surface area contributed by atoms with Crippen LogP contribution in [-0.4, -0.2) is 54.0 Å². The first-order chi connectivity index (χ1) is 15.9. The molecule has 1 saturated carbocycles. The maximum absolute atomic E-state index is 13.3. The highest BCUT2D eigenvalue weighted by atomic mass is 35.5. The van der Waals surface area contributed by atoms with E-state index in [1.807, 2.05) is 18.2 Å². The lowest BCUT2D eigenvalue weighted by Crippen LogP contribution is -2.49. The normalized spacial score (nSPS) is 20.9. The summed E-state index contributed by atoms with van der Waals surface area (Å²) in [6.45, 7) is 2.52. The average Bonchev–Trinajstić information content (AvgIpc) is 2.85. The van der Waals surface area contributed by atoms with Crippen LogP contribution < -0.4 is 10.2 Å². The number of hydrogen-bond acceptors (Lipinski definition) is 4. The molecule has 0 unspecified atom stereocenters. The Labute approximate surface area is 198 Å². The third-order valence-corrected chi connectivity index (χ3v) is 6.81. The van der Waals surface area contributed by atoms with E-state index in [9.17, 15) is 19.5 Å². The summed E-state index contributed by atoms with van der Waals surface area (Å²) in [5, 5.41) is 12.7. The molecular formula is C25H28ClN3O4. The van der Waals surface area contributed by atoms with Gasteiger partial charge in [0.25, 0.3) is 5.91 Å². The number of carboxylic acids is 1. The number of hydrogen-bond donors (Lipinski definition) is 2. The lowest BCUT2D eigenvalue weighted by Gasteiger charge is -2.36. The van der Waals surface area contributed by atoms with Gasteiger partial charge in [-0.05, 0) is 43.2 Å². The summed E-state index contributed by atoms with van der Waals surface area (Å²) in [4.78, 5) is 41.9. The van der Waals surface area contributed by atoms with Gasteiger partial charge < -0.3 is 20.2 Å². The number of aliphatic carboxylic acids is 1. The minimum absolute atomic E-state index is 0.195. The van der Waals surface area contributed by atoms with Crippen LogP contribution in [0.15, 0.2) is 48.5 Å². The quantitative estimate of drug-likeness (QED) is 0.687. The molecule has 4 rings (SSSR count). The summed E-state index contributed by atoms with van der Waals surface area (Å²) < 4.78 is 0. The Hall–Kier alpha value is -3.06. The molecule has 0 bridgehead atoms. The summed E-state index contributed by atoms with van der Waals surface area (Å²) in [5.41, 5.74) is 1.82. The van der Waals surface area contributed by atoms with Gasteiger partial charge in [0, 0.05) is 36.9 Å². The van der Waals surface area contributed by atoms with Crippen LogP contribution in [0.1, 0.15) is 36.0 Å². The monoisotopic (exact) mass is 469 g/mol. The molecule has 7 nitrogen and oxygen atoms in total. The van der Waals surface area contributed by atoms with Crippen LogP contribution in [0.2, 0.25) is 5.02 Å². The zero-order chi connectivity index (χ0) is 23.4. The number of anilines is 2. The second kappa shape index (κ2) is 10.3. The molecule has 0 radical (unpaired) electrons. The molecular weight excluding hydrogens is 442 g/mol. The zero-order valence-electron chi connectivity index (χ0n) is 18.4. The van der Waals surface area contributed by atoms with Crippen molar-refractivity contribution in [1.29, 1.82) is 0 Å². The lowest BCUT2D eigenvalue weighted by atomic mass is 9.78. The molecule has 0 spiro atoms. The fourth-order valence-corrected chi connectivity index (χ4v) is 4.92. The van der Waals surface area contributed by atoms with Crippen LogP contribution in [0.3, 0.4) is 0 Å². The number of halogens is 1. The largest absolute Gasteiger partial charge is 0.481 e. The van der Waals surface area contributed by atoms with Crippen molar-refractivity contribution in [3.8, 4) is 0 Å². The van der Waals surface area contributed by atoms with Crippen molar-refractivity contribution in [1.82, 2.24) is 4.90 Å². The molecule has 1 aliphatic heterocycles. The first-order valence-corrected chi connectivity index (χ1v) is 11.7. The van der Waals surface area contributed by atoms with Crippen LogP contribution in [0, 0.1) is 11.8 Å². The number of piperazine rings is 1. The van der Waals surface area contributed by atoms with Crippen molar-refractivity contribution in [2.45, 2.75) is 25.7 Å². The van der Waals surface area contributed by atoms with Gasteiger partial charge in [0.05, 0.1) is 23.1 Å². The highest BCUT2D eigenvalue weighted by Crippen LogP contribution is 2.32. The van der Waals surface area contributed by atoms with Crippen LogP contribution >= 0.6 is 11.6 Å². The Morgan fingerprint density at radius 2 is 1.58 bits per heavy atom. The number of para-hydroxylation sites is 1. The van der Waals surface area contributed by atoms with Crippen LogP contribution in [0.4, 0.5) is 11.4 Å². The van der Waals surface area contributed by atoms with Gasteiger partial charge in [0.15, 0.2) is 0 Å². The fraction of sp³-hybridized carbons (Fsp3) is 0.400. The van der Waals surface area contributed by atoms with E-state index in [1.165, 1.54) is 0 Å². The van der Waals surface area contributed by atoms with Gasteiger partial charge >= 0.3 is 5.97 Å². The molecule has 2 aliphatic rings. The van der Waals surface area contributed by atoms with E-state index in [2.05, 4.69) is 22.3 Å². The second-order valence-electron chi connectivity index (χ2n) is 8.63. The average molecular weight is 470 g/mol. The van der Waals surface area contributed by atoms with Crippen LogP contribution in [-0.2, 0) is 9.59 Å². The van der Waals surface area contributed by atoms with Gasteiger partial charge in [0.1, 0.15) is 0 Å². The number of nitrogens with one attached hydrogen (secondary N) is 1. The molecule has 2 aromatic rings. The Morgan fingerprint density at radius 1 is 0.909 bits per heavy atom. The summed E-state index contributed by atoms with van der Waals surface area (Å²) in [6.07, 6.45) is 2.65. The molecule has 2 aromatic carbocycles. The second-order valence-corrected chi connectivity index (χ2v) is 9.07. The third kappa shape index (κ3) is 5.30. The third-order valence-electron chi connectivity index (χ3n) is 6.58. The van der Waals surface area contributed by atoms with Gasteiger partial charge in [-0.25, -0.2) is 0 Å². The summed E-state index contributed by atoms with van der Waals surface area (Å²) in [6, 6.07) is 14.9. The smallest absolute Gasteiger partial charge is 0.307 e. The predicted octanol–water partition coefficient (Wildman–Crippen LogP) is 4.13. The highest BCUT2D eigenvalue weighted by Gasteiger charge is 2.36. The summed E-state index contributed by atoms with van der Waals surface area (Å²) >= 11 is 6.18. The molecule has 2 atom stereocenters. The molecule has 33 heavy (non-hydrogen) atoms. The Bertz CT molecular complexity index is 1020. The van der Waals surface area contributed by atoms with Crippen molar-refractivity contribution < 1.29 is 19.5 Å². The lowest BCUT2D eigenvalue weighted by molar-refractivity contribution is -0.147. The van der Waals surface area contributed by atoms with Gasteiger partial charge in [-0.3, -0.25) is 14.4 Å². The zero-order valence-corrected chi connectivity index (χ0v) is 19.1. The van der Waals surface area contributed by atoms with Gasteiger partial charge in [0.2, 0.25) is 5.91 Å². The fourth-order valence-electron chi connectivity index (χ4n) is 4.75. The van der Waals surface area contributed by atoms with Crippen molar-refractivity contribution in [3.05, 3.63) is 59.1 Å². The van der Waals surface area contributed by atoms with Gasteiger partial charge in [-0.1, -0.05) is 42.6 Å². The molecule has 2 N–H and O–H groups in total. The predicted molar refractivity (Wildman–Crippen MR) is 128 cm³/mol. The van der Waals surface area contributed by atoms with Gasteiger partial charge in [-0.2, -0.15) is 0 Å². The van der Waals surface area contributed by atoms with E-state index >= 15 is 0 Å². The van der Waals surface area contributed by atoms with E-state index in [0.29, 0.717) is 55.3 Å². The van der Waals surface area contributed by atoms with Crippen molar-refractivity contribution in [3.63, 3.8) is 0 Å². The number of carbonyl (C=O) groups excluding carboxylic acids is 2. The minimum atomic E-state index is -0.946. The van der Waals surface area contributed by atoms with E-state index < -0.39 is 17.8 Å². The maximum Gasteiger partial charge on any atom is 0.307 e. The first-order valence-electron chi connectivity index (χ1n) is 11.4. The number of rotatable bonds is 5. The van der Waals surface area contributed by atoms with E-state index in [-0.39, 0.29) is 11.8 Å². The summed E-state index contributed by atoms with van der Waals surface area (Å²) in [5.74, 6) is -2.80. The van der Waals surface area contributed by atoms with Crippen LogP contribution in [0.25, 0.3) is 0 Å². The number of nitrogens with zero attached hydrogens (tertiary/aromatic N) is 2. The number of amides is 2. The van der Waals surface area contributed by atoms with Crippen molar-refractivity contribution in [2.75, 3.05) is 36.4 Å². The molecule has 0 aromatic heterocycles. The molecule has 1 aliphatic carbocycles. The standard InChI is InChI=1S/C25H28ClN3O4/c26-17-10-11-22(27-23(30)19-8-4-5-9-20(19)25(32)33)21(16-17)24(31)29-14-12-28(13-15-29)18-6-2-1-3-7-18/h1-3,6-7,10-11,16,19-20H,4-5,8-9,12-15H2,(H,27,30)(H,32,33)/t19-,20+/m0/s1. The van der Waals surface area contributed by atoms with Crippen LogP contribution in [0.5, 0.6) is 0 Å².